The Labute approximate surface area is 143 Å². The van der Waals surface area contributed by atoms with E-state index in [1.54, 1.807) is 6.92 Å². The summed E-state index contributed by atoms with van der Waals surface area (Å²) in [5, 5.41) is 9.32. The van der Waals surface area contributed by atoms with Crippen LogP contribution in [0.5, 0.6) is 5.88 Å². The Kier molecular flexibility index (Phi) is 5.71. The zero-order valence-electron chi connectivity index (χ0n) is 11.4. The molecule has 0 fully saturated rings. The van der Waals surface area contributed by atoms with Crippen molar-refractivity contribution >= 4 is 26.9 Å². The van der Waals surface area contributed by atoms with Gasteiger partial charge in [-0.1, -0.05) is 12.1 Å². The van der Waals surface area contributed by atoms with Crippen molar-refractivity contribution in [1.29, 1.82) is 0 Å². The fourth-order valence-corrected chi connectivity index (χ4v) is 2.59. The number of carboxylic acids is 1. The molecular formula is C12H10NNaO6S. The molecule has 1 aromatic heterocycles. The molecular weight excluding hydrogens is 309 g/mol. The summed E-state index contributed by atoms with van der Waals surface area (Å²) in [6.07, 6.45) is 1.27. The largest absolute Gasteiger partial charge is 1.00 e. The summed E-state index contributed by atoms with van der Waals surface area (Å²) in [6, 6.07) is 3.88. The standard InChI is InChI=1S/C12H11NO6S.Na/c1-2-19-11-10(12(14)15)9-7(6-13-11)4-3-5-8(9)20(16,17)18;/h3-6H,2H2,1H3,(H,14,15)(H,16,17,18);/q;+1/p-1. The van der Waals surface area contributed by atoms with Crippen LogP contribution < -0.4 is 34.3 Å². The first-order valence-electron chi connectivity index (χ1n) is 5.60. The number of pyridine rings is 1. The Hall–Kier alpha value is -1.19. The van der Waals surface area contributed by atoms with Gasteiger partial charge in [-0.3, -0.25) is 0 Å². The van der Waals surface area contributed by atoms with Gasteiger partial charge in [0.1, 0.15) is 15.7 Å². The van der Waals surface area contributed by atoms with Crippen LogP contribution in [0.15, 0.2) is 29.3 Å². The Morgan fingerprint density at radius 1 is 1.43 bits per heavy atom. The Balaban J connectivity index is 0.00000220. The quantitative estimate of drug-likeness (QED) is 0.524. The zero-order chi connectivity index (χ0) is 14.9. The molecule has 0 saturated carbocycles. The van der Waals surface area contributed by atoms with Gasteiger partial charge in [0.15, 0.2) is 0 Å². The molecule has 0 aliphatic carbocycles. The van der Waals surface area contributed by atoms with Gasteiger partial charge in [-0.2, -0.15) is 0 Å². The van der Waals surface area contributed by atoms with Crippen molar-refractivity contribution in [3.63, 3.8) is 0 Å². The number of benzene rings is 1. The van der Waals surface area contributed by atoms with E-state index in [0.29, 0.717) is 0 Å². The maximum atomic E-state index is 11.4. The van der Waals surface area contributed by atoms with E-state index in [4.69, 9.17) is 4.74 Å². The van der Waals surface area contributed by atoms with Crippen molar-refractivity contribution in [2.24, 2.45) is 0 Å². The Morgan fingerprint density at radius 3 is 2.62 bits per heavy atom. The van der Waals surface area contributed by atoms with Gasteiger partial charge in [-0.05, 0) is 13.0 Å². The summed E-state index contributed by atoms with van der Waals surface area (Å²) in [5.41, 5.74) is -0.431. The van der Waals surface area contributed by atoms with Gasteiger partial charge in [0.05, 0.1) is 11.5 Å². The predicted molar refractivity (Wildman–Crippen MR) is 67.8 cm³/mol. The van der Waals surface area contributed by atoms with Crippen LogP contribution in [-0.4, -0.2) is 35.6 Å². The second-order valence-electron chi connectivity index (χ2n) is 3.85. The second-order valence-corrected chi connectivity index (χ2v) is 5.20. The number of fused-ring (bicyclic) bond motifs is 1. The number of carboxylic acid groups (broad SMARTS) is 1. The van der Waals surface area contributed by atoms with E-state index in [1.807, 2.05) is 0 Å². The molecule has 1 N–H and O–H groups in total. The monoisotopic (exact) mass is 319 g/mol. The number of carbonyl (C=O) groups is 1. The zero-order valence-corrected chi connectivity index (χ0v) is 14.2. The fourth-order valence-electron chi connectivity index (χ4n) is 1.88. The van der Waals surface area contributed by atoms with Gasteiger partial charge in [0.25, 0.3) is 0 Å². The maximum Gasteiger partial charge on any atom is 1.00 e. The molecule has 0 aliphatic heterocycles. The molecule has 1 heterocycles. The first kappa shape index (κ1) is 17.9. The van der Waals surface area contributed by atoms with E-state index < -0.39 is 26.5 Å². The van der Waals surface area contributed by atoms with Crippen LogP contribution in [0.25, 0.3) is 10.8 Å². The molecule has 0 aliphatic rings. The molecule has 0 spiro atoms. The number of nitrogens with zero attached hydrogens (tertiary/aromatic N) is 1. The predicted octanol–water partition coefficient (Wildman–Crippen LogP) is -1.76. The number of ether oxygens (including phenoxy) is 1. The average Bonchev–Trinajstić information content (AvgIpc) is 2.36. The minimum Gasteiger partial charge on any atom is -0.744 e. The number of aromatic nitrogens is 1. The van der Waals surface area contributed by atoms with Gasteiger partial charge >= 0.3 is 35.5 Å². The molecule has 21 heavy (non-hydrogen) atoms. The summed E-state index contributed by atoms with van der Waals surface area (Å²) < 4.78 is 38.9. The van der Waals surface area contributed by atoms with Crippen molar-refractivity contribution in [3.05, 3.63) is 30.0 Å². The van der Waals surface area contributed by atoms with Gasteiger partial charge in [-0.15, -0.1) is 0 Å². The summed E-state index contributed by atoms with van der Waals surface area (Å²) in [4.78, 5) is 14.6. The van der Waals surface area contributed by atoms with Crippen LogP contribution in [0, 0.1) is 0 Å². The molecule has 1 aromatic carbocycles. The number of hydrogen-bond acceptors (Lipinski definition) is 6. The van der Waals surface area contributed by atoms with Crippen LogP contribution in [0.2, 0.25) is 0 Å². The molecule has 0 radical (unpaired) electrons. The van der Waals surface area contributed by atoms with Gasteiger partial charge in [0.2, 0.25) is 5.88 Å². The van der Waals surface area contributed by atoms with Gasteiger partial charge < -0.3 is 14.4 Å². The Morgan fingerprint density at radius 2 is 2.10 bits per heavy atom. The van der Waals surface area contributed by atoms with E-state index in [1.165, 1.54) is 18.3 Å². The summed E-state index contributed by atoms with van der Waals surface area (Å²) >= 11 is 0. The fraction of sp³-hybridized carbons (Fsp3) is 0.167. The van der Waals surface area contributed by atoms with Gasteiger partial charge in [0, 0.05) is 17.0 Å². The summed E-state index contributed by atoms with van der Waals surface area (Å²) in [6.45, 7) is 1.79. The van der Waals surface area contributed by atoms with Crippen molar-refractivity contribution < 1.29 is 57.2 Å². The van der Waals surface area contributed by atoms with Crippen LogP contribution >= 0.6 is 0 Å². The Bertz CT molecular complexity index is 790. The van der Waals surface area contributed by atoms with Crippen molar-refractivity contribution in [2.75, 3.05) is 6.61 Å². The maximum absolute atomic E-state index is 11.4. The molecule has 2 rings (SSSR count). The minimum absolute atomic E-state index is 0. The molecule has 0 unspecified atom stereocenters. The molecule has 2 aromatic rings. The van der Waals surface area contributed by atoms with Crippen LogP contribution in [0.1, 0.15) is 17.3 Å². The molecule has 0 saturated heterocycles. The summed E-state index contributed by atoms with van der Waals surface area (Å²) in [7, 11) is -4.81. The third-order valence-electron chi connectivity index (χ3n) is 2.61. The van der Waals surface area contributed by atoms with Crippen LogP contribution in [-0.2, 0) is 10.1 Å². The van der Waals surface area contributed by atoms with E-state index in [9.17, 15) is 22.9 Å². The van der Waals surface area contributed by atoms with Gasteiger partial charge in [-0.25, -0.2) is 18.2 Å². The topological polar surface area (TPSA) is 117 Å². The number of aromatic carboxylic acids is 1. The molecule has 0 atom stereocenters. The van der Waals surface area contributed by atoms with Crippen molar-refractivity contribution in [3.8, 4) is 5.88 Å². The average molecular weight is 319 g/mol. The SMILES string of the molecule is CCOc1ncc2cccc(S(=O)(=O)[O-])c2c1C(=O)O.[Na+]. The molecule has 9 heteroatoms. The first-order chi connectivity index (χ1) is 9.36. The smallest absolute Gasteiger partial charge is 0.744 e. The minimum atomic E-state index is -4.81. The van der Waals surface area contributed by atoms with E-state index in [2.05, 4.69) is 4.98 Å². The molecule has 7 nitrogen and oxygen atoms in total. The molecule has 0 bridgehead atoms. The number of rotatable bonds is 4. The van der Waals surface area contributed by atoms with E-state index in [0.717, 1.165) is 6.07 Å². The normalized spacial score (nSPS) is 11.0. The van der Waals surface area contributed by atoms with Crippen molar-refractivity contribution in [2.45, 2.75) is 11.8 Å². The third-order valence-corrected chi connectivity index (χ3v) is 3.49. The molecule has 106 valence electrons. The van der Waals surface area contributed by atoms with E-state index >= 15 is 0 Å². The third kappa shape index (κ3) is 3.53. The first-order valence-corrected chi connectivity index (χ1v) is 7.00. The molecule has 0 amide bonds. The van der Waals surface area contributed by atoms with Crippen molar-refractivity contribution in [1.82, 2.24) is 4.98 Å². The number of hydrogen-bond donors (Lipinski definition) is 1. The van der Waals surface area contributed by atoms with E-state index in [-0.39, 0.29) is 52.8 Å². The van der Waals surface area contributed by atoms with Crippen LogP contribution in [0.4, 0.5) is 0 Å². The second kappa shape index (κ2) is 6.71. The summed E-state index contributed by atoms with van der Waals surface area (Å²) in [5.74, 6) is -1.63. The van der Waals surface area contributed by atoms with Crippen LogP contribution in [0.3, 0.4) is 0 Å².